The van der Waals surface area contributed by atoms with Gasteiger partial charge in [-0.15, -0.1) is 0 Å². The van der Waals surface area contributed by atoms with Crippen LogP contribution in [0.3, 0.4) is 0 Å². The van der Waals surface area contributed by atoms with Crippen LogP contribution < -0.4 is 16.0 Å². The Morgan fingerprint density at radius 3 is 2.59 bits per heavy atom. The van der Waals surface area contributed by atoms with Crippen molar-refractivity contribution in [1.29, 1.82) is 5.26 Å². The molecule has 196 valence electrons. The molecule has 2 atom stereocenters. The third-order valence-corrected chi connectivity index (χ3v) is 6.41. The van der Waals surface area contributed by atoms with Crippen molar-refractivity contribution in [2.75, 3.05) is 32.0 Å². The fourth-order valence-corrected chi connectivity index (χ4v) is 4.42. The maximum atomic E-state index is 13.0. The summed E-state index contributed by atoms with van der Waals surface area (Å²) in [5.41, 5.74) is 2.08. The fourth-order valence-electron chi connectivity index (χ4n) is 4.42. The van der Waals surface area contributed by atoms with Crippen molar-refractivity contribution in [3.63, 3.8) is 0 Å². The lowest BCUT2D eigenvalue weighted by Crippen LogP contribution is -2.47. The standard InChI is InChI=1S/C28H36N6O3/c1-20(2)16-25(27(36)30-14-13-29)32-26(35)22-10-7-11-23(17-22)31-28(37)33(3)24-12-15-34(19-24)18-21-8-5-4-6-9-21/h4-11,17,20,24-25H,12,14-16,18-19H2,1-3H3,(H,30,36)(H,31,37)(H,32,35)/t24?,25-/m0/s1. The van der Waals surface area contributed by atoms with Crippen molar-refractivity contribution >= 4 is 23.5 Å². The average Bonchev–Trinajstić information content (AvgIpc) is 3.35. The summed E-state index contributed by atoms with van der Waals surface area (Å²) in [6.07, 6.45) is 1.33. The number of likely N-dealkylation sites (N-methyl/N-ethyl adjacent to an activating group) is 1. The second-order valence-corrected chi connectivity index (χ2v) is 9.82. The fraction of sp³-hybridized carbons (Fsp3) is 0.429. The Kier molecular flexibility index (Phi) is 10.0. The van der Waals surface area contributed by atoms with Crippen molar-refractivity contribution in [2.24, 2.45) is 5.92 Å². The number of hydrogen-bond donors (Lipinski definition) is 3. The summed E-state index contributed by atoms with van der Waals surface area (Å²) in [7, 11) is 1.79. The van der Waals surface area contributed by atoms with E-state index in [4.69, 9.17) is 5.26 Å². The van der Waals surface area contributed by atoms with Gasteiger partial charge in [-0.3, -0.25) is 14.5 Å². The molecular weight excluding hydrogens is 468 g/mol. The number of anilines is 1. The normalized spacial score (nSPS) is 16.0. The number of rotatable bonds is 10. The van der Waals surface area contributed by atoms with E-state index in [1.165, 1.54) is 5.56 Å². The van der Waals surface area contributed by atoms with E-state index in [0.717, 1.165) is 26.1 Å². The van der Waals surface area contributed by atoms with Gasteiger partial charge >= 0.3 is 6.03 Å². The van der Waals surface area contributed by atoms with Crippen LogP contribution in [0, 0.1) is 17.2 Å². The van der Waals surface area contributed by atoms with Crippen molar-refractivity contribution in [3.8, 4) is 6.07 Å². The highest BCUT2D eigenvalue weighted by atomic mass is 16.2. The predicted molar refractivity (Wildman–Crippen MR) is 143 cm³/mol. The lowest BCUT2D eigenvalue weighted by atomic mass is 10.0. The van der Waals surface area contributed by atoms with Crippen LogP contribution in [0.4, 0.5) is 10.5 Å². The molecule has 1 aliphatic rings. The Bertz CT molecular complexity index is 1110. The molecule has 1 unspecified atom stereocenters. The van der Waals surface area contributed by atoms with Crippen LogP contribution in [-0.4, -0.2) is 66.4 Å². The largest absolute Gasteiger partial charge is 0.341 e. The Balaban J connectivity index is 1.57. The van der Waals surface area contributed by atoms with Gasteiger partial charge in [0.1, 0.15) is 12.6 Å². The van der Waals surface area contributed by atoms with E-state index in [9.17, 15) is 14.4 Å². The summed E-state index contributed by atoms with van der Waals surface area (Å²) in [6, 6.07) is 17.9. The van der Waals surface area contributed by atoms with Crippen LogP contribution in [0.5, 0.6) is 0 Å². The second-order valence-electron chi connectivity index (χ2n) is 9.82. The summed E-state index contributed by atoms with van der Waals surface area (Å²) in [6.45, 7) is 6.36. The Morgan fingerprint density at radius 1 is 1.14 bits per heavy atom. The van der Waals surface area contributed by atoms with E-state index in [-0.39, 0.29) is 24.5 Å². The first kappa shape index (κ1) is 27.7. The number of nitrogens with zero attached hydrogens (tertiary/aromatic N) is 3. The lowest BCUT2D eigenvalue weighted by molar-refractivity contribution is -0.123. The van der Waals surface area contributed by atoms with Gasteiger partial charge in [-0.25, -0.2) is 4.79 Å². The minimum absolute atomic E-state index is 0.0962. The van der Waals surface area contributed by atoms with E-state index in [1.807, 2.05) is 38.1 Å². The third kappa shape index (κ3) is 8.33. The third-order valence-electron chi connectivity index (χ3n) is 6.41. The van der Waals surface area contributed by atoms with Gasteiger partial charge in [-0.2, -0.15) is 5.26 Å². The summed E-state index contributed by atoms with van der Waals surface area (Å²) >= 11 is 0. The molecule has 0 saturated carbocycles. The molecule has 0 spiro atoms. The number of likely N-dealkylation sites (tertiary alicyclic amines) is 1. The molecule has 1 saturated heterocycles. The number of urea groups is 1. The minimum atomic E-state index is -0.758. The monoisotopic (exact) mass is 504 g/mol. The molecule has 9 nitrogen and oxygen atoms in total. The number of nitriles is 1. The number of hydrogen-bond acceptors (Lipinski definition) is 5. The van der Waals surface area contributed by atoms with Gasteiger partial charge < -0.3 is 20.9 Å². The quantitative estimate of drug-likeness (QED) is 0.430. The highest BCUT2D eigenvalue weighted by Crippen LogP contribution is 2.19. The van der Waals surface area contributed by atoms with E-state index in [1.54, 1.807) is 36.2 Å². The average molecular weight is 505 g/mol. The SMILES string of the molecule is CC(C)C[C@H](NC(=O)c1cccc(NC(=O)N(C)C2CCN(Cc3ccccc3)C2)c1)C(=O)NCC#N. The van der Waals surface area contributed by atoms with Crippen LogP contribution in [0.25, 0.3) is 0 Å². The maximum Gasteiger partial charge on any atom is 0.321 e. The molecule has 1 fully saturated rings. The zero-order valence-electron chi connectivity index (χ0n) is 21.7. The molecule has 2 aromatic rings. The molecule has 0 aromatic heterocycles. The molecule has 4 amide bonds. The summed E-state index contributed by atoms with van der Waals surface area (Å²) in [5.74, 6) is -0.652. The molecular formula is C28H36N6O3. The van der Waals surface area contributed by atoms with E-state index < -0.39 is 17.9 Å². The first-order valence-corrected chi connectivity index (χ1v) is 12.6. The number of amides is 4. The molecule has 1 aliphatic heterocycles. The first-order chi connectivity index (χ1) is 17.8. The lowest BCUT2D eigenvalue weighted by Gasteiger charge is -2.25. The Morgan fingerprint density at radius 2 is 1.89 bits per heavy atom. The highest BCUT2D eigenvalue weighted by Gasteiger charge is 2.28. The summed E-state index contributed by atoms with van der Waals surface area (Å²) in [4.78, 5) is 42.3. The van der Waals surface area contributed by atoms with Gasteiger partial charge in [-0.05, 0) is 42.5 Å². The van der Waals surface area contributed by atoms with Gasteiger partial charge in [0.2, 0.25) is 5.91 Å². The zero-order valence-corrected chi connectivity index (χ0v) is 21.7. The molecule has 3 rings (SSSR count). The molecule has 37 heavy (non-hydrogen) atoms. The summed E-state index contributed by atoms with van der Waals surface area (Å²) < 4.78 is 0. The van der Waals surface area contributed by atoms with Gasteiger partial charge in [-0.1, -0.05) is 50.2 Å². The number of carbonyl (C=O) groups is 3. The van der Waals surface area contributed by atoms with Gasteiger partial charge in [0.05, 0.1) is 6.07 Å². The molecule has 0 radical (unpaired) electrons. The Labute approximate surface area is 218 Å². The predicted octanol–water partition coefficient (Wildman–Crippen LogP) is 3.21. The van der Waals surface area contributed by atoms with E-state index in [0.29, 0.717) is 17.7 Å². The van der Waals surface area contributed by atoms with Crippen LogP contribution in [-0.2, 0) is 11.3 Å². The van der Waals surface area contributed by atoms with Crippen molar-refractivity contribution < 1.29 is 14.4 Å². The molecule has 2 aromatic carbocycles. The molecule has 0 bridgehead atoms. The minimum Gasteiger partial charge on any atom is -0.341 e. The number of carbonyl (C=O) groups excluding carboxylic acids is 3. The molecule has 3 N–H and O–H groups in total. The van der Waals surface area contributed by atoms with Crippen LogP contribution in [0.1, 0.15) is 42.6 Å². The van der Waals surface area contributed by atoms with Crippen LogP contribution in [0.2, 0.25) is 0 Å². The second kappa shape index (κ2) is 13.4. The zero-order chi connectivity index (χ0) is 26.8. The smallest absolute Gasteiger partial charge is 0.321 e. The summed E-state index contributed by atoms with van der Waals surface area (Å²) in [5, 5.41) is 16.9. The van der Waals surface area contributed by atoms with Crippen molar-refractivity contribution in [2.45, 2.75) is 45.3 Å². The van der Waals surface area contributed by atoms with Crippen LogP contribution in [0.15, 0.2) is 54.6 Å². The van der Waals surface area contributed by atoms with E-state index in [2.05, 4.69) is 33.0 Å². The van der Waals surface area contributed by atoms with Gasteiger partial charge in [0.15, 0.2) is 0 Å². The first-order valence-electron chi connectivity index (χ1n) is 12.6. The highest BCUT2D eigenvalue weighted by molar-refractivity contribution is 5.99. The van der Waals surface area contributed by atoms with Crippen molar-refractivity contribution in [3.05, 3.63) is 65.7 Å². The maximum absolute atomic E-state index is 13.0. The molecule has 0 aliphatic carbocycles. The van der Waals surface area contributed by atoms with Crippen molar-refractivity contribution in [1.82, 2.24) is 20.4 Å². The Hall–Kier alpha value is -3.90. The van der Waals surface area contributed by atoms with Crippen LogP contribution >= 0.6 is 0 Å². The number of nitrogens with one attached hydrogen (secondary N) is 3. The van der Waals surface area contributed by atoms with E-state index >= 15 is 0 Å². The van der Waals surface area contributed by atoms with Gasteiger partial charge in [0.25, 0.3) is 5.91 Å². The molecule has 9 heteroatoms. The topological polar surface area (TPSA) is 118 Å². The van der Waals surface area contributed by atoms with Gasteiger partial charge in [0, 0.05) is 44.0 Å². The number of benzene rings is 2. The molecule has 1 heterocycles.